The second kappa shape index (κ2) is 13.4. The highest BCUT2D eigenvalue weighted by atomic mass is 15.1. The molecule has 47 heavy (non-hydrogen) atoms. The highest BCUT2D eigenvalue weighted by molar-refractivity contribution is 5.92. The van der Waals surface area contributed by atoms with E-state index in [1.165, 1.54) is 27.7 Å². The molecule has 2 aromatic heterocycles. The number of benzene rings is 4. The van der Waals surface area contributed by atoms with Gasteiger partial charge in [-0.05, 0) is 103 Å². The van der Waals surface area contributed by atoms with E-state index in [0.717, 1.165) is 64.3 Å². The molecule has 1 aliphatic carbocycles. The zero-order valence-corrected chi connectivity index (χ0v) is 27.1. The minimum Gasteiger partial charge on any atom is -0.310 e. The van der Waals surface area contributed by atoms with Crippen LogP contribution in [0.5, 0.6) is 0 Å². The fourth-order valence-corrected chi connectivity index (χ4v) is 6.59. The topological polar surface area (TPSA) is 21.1 Å². The van der Waals surface area contributed by atoms with Crippen molar-refractivity contribution in [3.8, 4) is 16.8 Å². The van der Waals surface area contributed by atoms with Gasteiger partial charge in [-0.25, -0.2) is 0 Å². The first-order valence-electron chi connectivity index (χ1n) is 16.5. The lowest BCUT2D eigenvalue weighted by Crippen LogP contribution is -2.11. The van der Waals surface area contributed by atoms with Crippen molar-refractivity contribution in [3.05, 3.63) is 175 Å². The molecule has 0 saturated heterocycles. The van der Waals surface area contributed by atoms with Gasteiger partial charge in [0.25, 0.3) is 0 Å². The van der Waals surface area contributed by atoms with Crippen LogP contribution in [-0.4, -0.2) is 9.55 Å². The first-order valence-corrected chi connectivity index (χ1v) is 16.5. The number of hydrogen-bond donors (Lipinski definition) is 0. The summed E-state index contributed by atoms with van der Waals surface area (Å²) in [4.78, 5) is 7.09. The SMILES string of the molecule is C=C/C(=C\CCC)c1cncc(-c2cc(N(c3ccccc3)c3cccc(C)c3)cc(-n3c4c(c5ccccc53)CC=CC=C4)c2)c1. The lowest BCUT2D eigenvalue weighted by atomic mass is 9.99. The van der Waals surface area contributed by atoms with Crippen LogP contribution in [0.3, 0.4) is 0 Å². The van der Waals surface area contributed by atoms with Crippen molar-refractivity contribution in [3.63, 3.8) is 0 Å². The van der Waals surface area contributed by atoms with Crippen LogP contribution in [0.15, 0.2) is 152 Å². The number of rotatable bonds is 9. The van der Waals surface area contributed by atoms with E-state index in [-0.39, 0.29) is 0 Å². The molecule has 3 heteroatoms. The zero-order chi connectivity index (χ0) is 32.2. The molecule has 0 fully saturated rings. The fraction of sp³-hybridized carbons (Fsp3) is 0.114. The number of aromatic nitrogens is 2. The Morgan fingerprint density at radius 1 is 0.830 bits per heavy atom. The van der Waals surface area contributed by atoms with Crippen molar-refractivity contribution in [2.75, 3.05) is 4.90 Å². The predicted octanol–water partition coefficient (Wildman–Crippen LogP) is 12.0. The standard InChI is InChI=1S/C44H39N3/c1-4-6-17-33(5-2)35-26-36(31-45-30-35)34-27-39(46(37-18-9-7-10-19-37)38-20-15-16-32(3)25-38)29-40(28-34)47-43-23-12-8-11-21-41(43)42-22-13-14-24-44(42)47/h5,7-20,22-31H,2,4,6,21H2,1,3H3/b33-17+. The van der Waals surface area contributed by atoms with Gasteiger partial charge in [0, 0.05) is 51.7 Å². The lowest BCUT2D eigenvalue weighted by Gasteiger charge is -2.27. The largest absolute Gasteiger partial charge is 0.310 e. The summed E-state index contributed by atoms with van der Waals surface area (Å²) in [7, 11) is 0. The van der Waals surface area contributed by atoms with E-state index in [9.17, 15) is 0 Å². The second-order valence-corrected chi connectivity index (χ2v) is 12.1. The van der Waals surface area contributed by atoms with Gasteiger partial charge >= 0.3 is 0 Å². The Hall–Kier alpha value is -5.67. The summed E-state index contributed by atoms with van der Waals surface area (Å²) >= 11 is 0. The van der Waals surface area contributed by atoms with Crippen molar-refractivity contribution in [1.29, 1.82) is 0 Å². The van der Waals surface area contributed by atoms with Gasteiger partial charge < -0.3 is 9.47 Å². The third-order valence-corrected chi connectivity index (χ3v) is 8.81. The molecule has 7 rings (SSSR count). The average molecular weight is 610 g/mol. The number of para-hydroxylation sites is 2. The molecule has 0 radical (unpaired) electrons. The number of unbranched alkanes of at least 4 members (excludes halogenated alkanes) is 1. The normalized spacial score (nSPS) is 12.6. The number of hydrogen-bond acceptors (Lipinski definition) is 2. The van der Waals surface area contributed by atoms with Crippen molar-refractivity contribution < 1.29 is 0 Å². The molecule has 3 nitrogen and oxygen atoms in total. The molecule has 0 amide bonds. The van der Waals surface area contributed by atoms with Crippen LogP contribution in [-0.2, 0) is 6.42 Å². The first kappa shape index (κ1) is 30.0. The van der Waals surface area contributed by atoms with Crippen LogP contribution in [0.1, 0.15) is 42.1 Å². The van der Waals surface area contributed by atoms with Crippen LogP contribution in [0.25, 0.3) is 39.4 Å². The van der Waals surface area contributed by atoms with Gasteiger partial charge in [-0.15, -0.1) is 0 Å². The second-order valence-electron chi connectivity index (χ2n) is 12.1. The maximum atomic E-state index is 4.74. The summed E-state index contributed by atoms with van der Waals surface area (Å²) in [6.45, 7) is 8.46. The molecule has 0 saturated carbocycles. The summed E-state index contributed by atoms with van der Waals surface area (Å²) in [5.74, 6) is 0. The Morgan fingerprint density at radius 3 is 2.49 bits per heavy atom. The molecule has 0 spiro atoms. The summed E-state index contributed by atoms with van der Waals surface area (Å²) in [5, 5.41) is 1.28. The molecule has 0 atom stereocenters. The number of nitrogens with zero attached hydrogens (tertiary/aromatic N) is 3. The molecular weight excluding hydrogens is 571 g/mol. The summed E-state index contributed by atoms with van der Waals surface area (Å²) in [5.41, 5.74) is 13.7. The highest BCUT2D eigenvalue weighted by Crippen LogP contribution is 2.41. The molecule has 6 aromatic rings. The van der Waals surface area contributed by atoms with Gasteiger partial charge in [-0.2, -0.15) is 0 Å². The number of allylic oxidation sites excluding steroid dienone is 6. The van der Waals surface area contributed by atoms with Gasteiger partial charge in [0.2, 0.25) is 0 Å². The molecule has 230 valence electrons. The van der Waals surface area contributed by atoms with Gasteiger partial charge in [0.1, 0.15) is 0 Å². The van der Waals surface area contributed by atoms with E-state index >= 15 is 0 Å². The average Bonchev–Trinajstić information content (AvgIpc) is 3.22. The third-order valence-electron chi connectivity index (χ3n) is 8.81. The molecular formula is C44H39N3. The summed E-state index contributed by atoms with van der Waals surface area (Å²) in [6.07, 6.45) is 19.9. The highest BCUT2D eigenvalue weighted by Gasteiger charge is 2.20. The van der Waals surface area contributed by atoms with Crippen molar-refractivity contribution in [2.24, 2.45) is 0 Å². The third kappa shape index (κ3) is 6.01. The predicted molar refractivity (Wildman–Crippen MR) is 201 cm³/mol. The first-order chi connectivity index (χ1) is 23.1. The monoisotopic (exact) mass is 609 g/mol. The van der Waals surface area contributed by atoms with Crippen LogP contribution >= 0.6 is 0 Å². The molecule has 0 bridgehead atoms. The molecule has 2 heterocycles. The molecule has 0 aliphatic heterocycles. The van der Waals surface area contributed by atoms with E-state index < -0.39 is 0 Å². The summed E-state index contributed by atoms with van der Waals surface area (Å²) in [6, 6.07) is 37.3. The van der Waals surface area contributed by atoms with Gasteiger partial charge in [-0.3, -0.25) is 4.98 Å². The smallest absolute Gasteiger partial charge is 0.0537 e. The van der Waals surface area contributed by atoms with Gasteiger partial charge in [0.15, 0.2) is 0 Å². The van der Waals surface area contributed by atoms with E-state index in [1.807, 2.05) is 18.5 Å². The van der Waals surface area contributed by atoms with Crippen molar-refractivity contribution in [2.45, 2.75) is 33.1 Å². The fourth-order valence-electron chi connectivity index (χ4n) is 6.59. The molecule has 0 unspecified atom stereocenters. The maximum absolute atomic E-state index is 4.74. The minimum absolute atomic E-state index is 0.891. The summed E-state index contributed by atoms with van der Waals surface area (Å²) < 4.78 is 2.42. The van der Waals surface area contributed by atoms with Crippen LogP contribution < -0.4 is 4.90 Å². The lowest BCUT2D eigenvalue weighted by molar-refractivity contribution is 0.960. The van der Waals surface area contributed by atoms with E-state index in [4.69, 9.17) is 4.98 Å². The van der Waals surface area contributed by atoms with E-state index in [0.29, 0.717) is 0 Å². The Bertz CT molecular complexity index is 2160. The van der Waals surface area contributed by atoms with Crippen LogP contribution in [0, 0.1) is 6.92 Å². The van der Waals surface area contributed by atoms with Crippen LogP contribution in [0.4, 0.5) is 17.1 Å². The Labute approximate surface area is 278 Å². The van der Waals surface area contributed by atoms with Gasteiger partial charge in [-0.1, -0.05) is 98.8 Å². The van der Waals surface area contributed by atoms with E-state index in [2.05, 4.69) is 163 Å². The van der Waals surface area contributed by atoms with E-state index in [1.54, 1.807) is 0 Å². The number of aryl methyl sites for hydroxylation is 1. The Balaban J connectivity index is 1.51. The quantitative estimate of drug-likeness (QED) is 0.152. The number of fused-ring (bicyclic) bond motifs is 3. The van der Waals surface area contributed by atoms with Crippen LogP contribution in [0.2, 0.25) is 0 Å². The minimum atomic E-state index is 0.891. The molecule has 4 aromatic carbocycles. The Morgan fingerprint density at radius 2 is 1.66 bits per heavy atom. The van der Waals surface area contributed by atoms with Gasteiger partial charge in [0.05, 0.1) is 11.2 Å². The molecule has 0 N–H and O–H groups in total. The zero-order valence-electron chi connectivity index (χ0n) is 27.1. The molecule has 1 aliphatic rings. The number of anilines is 3. The number of pyridine rings is 1. The maximum Gasteiger partial charge on any atom is 0.0537 e. The van der Waals surface area contributed by atoms with Crippen molar-refractivity contribution in [1.82, 2.24) is 9.55 Å². The Kier molecular flexibility index (Phi) is 8.53. The van der Waals surface area contributed by atoms with Crippen molar-refractivity contribution >= 4 is 39.6 Å².